The summed E-state index contributed by atoms with van der Waals surface area (Å²) < 4.78 is 0. The van der Waals surface area contributed by atoms with Gasteiger partial charge in [0.25, 0.3) is 0 Å². The Morgan fingerprint density at radius 3 is 2.63 bits per heavy atom. The van der Waals surface area contributed by atoms with Crippen molar-refractivity contribution in [2.45, 2.75) is 39.2 Å². The van der Waals surface area contributed by atoms with E-state index in [0.29, 0.717) is 17.1 Å². The molecule has 0 amide bonds. The van der Waals surface area contributed by atoms with Crippen molar-refractivity contribution in [3.63, 3.8) is 0 Å². The van der Waals surface area contributed by atoms with Gasteiger partial charge in [0, 0.05) is 28.9 Å². The molecule has 1 aliphatic heterocycles. The van der Waals surface area contributed by atoms with Gasteiger partial charge in [0.15, 0.2) is 0 Å². The normalized spacial score (nSPS) is 13.5. The number of nitrogens with zero attached hydrogens (tertiary/aromatic N) is 5. The van der Waals surface area contributed by atoms with Crippen molar-refractivity contribution in [3.8, 4) is 6.07 Å². The number of rotatable bonds is 3. The Bertz CT molecular complexity index is 1110. The van der Waals surface area contributed by atoms with Crippen molar-refractivity contribution in [2.75, 3.05) is 16.8 Å². The predicted octanol–water partition coefficient (Wildman–Crippen LogP) is 5.00. The van der Waals surface area contributed by atoms with Crippen molar-refractivity contribution in [1.29, 1.82) is 5.26 Å². The maximum absolute atomic E-state index is 9.08. The summed E-state index contributed by atoms with van der Waals surface area (Å²) in [6.07, 6.45) is 4.25. The lowest BCUT2D eigenvalue weighted by Gasteiger charge is -2.31. The zero-order valence-corrected chi connectivity index (χ0v) is 18.0. The molecular weight excluding hydrogens is 396 g/mol. The van der Waals surface area contributed by atoms with Crippen LogP contribution in [0.15, 0.2) is 42.9 Å². The molecule has 3 heterocycles. The monoisotopic (exact) mass is 418 g/mol. The molecule has 2 aromatic heterocycles. The molecule has 3 aromatic rings. The molecule has 0 atom stereocenters. The minimum absolute atomic E-state index is 0.0183. The van der Waals surface area contributed by atoms with Gasteiger partial charge in [-0.1, -0.05) is 32.4 Å². The van der Waals surface area contributed by atoms with Crippen LogP contribution in [0, 0.1) is 11.3 Å². The molecule has 0 aliphatic carbocycles. The van der Waals surface area contributed by atoms with E-state index >= 15 is 0 Å². The second-order valence-corrected chi connectivity index (χ2v) is 8.81. The minimum Gasteiger partial charge on any atom is -0.365 e. The highest BCUT2D eigenvalue weighted by atomic mass is 35.5. The first-order chi connectivity index (χ1) is 14.3. The first-order valence-electron chi connectivity index (χ1n) is 9.86. The predicted molar refractivity (Wildman–Crippen MR) is 119 cm³/mol. The lowest BCUT2D eigenvalue weighted by molar-refractivity contribution is 0.569. The Labute approximate surface area is 181 Å². The van der Waals surface area contributed by atoms with Crippen LogP contribution in [0.4, 0.5) is 17.2 Å². The van der Waals surface area contributed by atoms with Crippen LogP contribution in [0.2, 0.25) is 5.02 Å². The highest BCUT2D eigenvalue weighted by Gasteiger charge is 2.22. The summed E-state index contributed by atoms with van der Waals surface area (Å²) >= 11 is 6.21. The molecule has 0 saturated heterocycles. The number of hydrogen-bond acceptors (Lipinski definition) is 6. The summed E-state index contributed by atoms with van der Waals surface area (Å²) in [6.45, 7) is 7.93. The van der Waals surface area contributed by atoms with Crippen LogP contribution >= 0.6 is 11.6 Å². The lowest BCUT2D eigenvalue weighted by atomic mass is 9.92. The number of anilines is 3. The molecule has 1 aliphatic rings. The Balaban J connectivity index is 1.54. The molecule has 0 spiro atoms. The third-order valence-corrected chi connectivity index (χ3v) is 5.55. The molecule has 0 bridgehead atoms. The molecule has 1 aromatic carbocycles. The van der Waals surface area contributed by atoms with Crippen LogP contribution in [0.3, 0.4) is 0 Å². The Morgan fingerprint density at radius 1 is 1.13 bits per heavy atom. The molecule has 0 radical (unpaired) electrons. The fourth-order valence-electron chi connectivity index (χ4n) is 3.52. The number of fused-ring (bicyclic) bond motifs is 1. The van der Waals surface area contributed by atoms with Crippen molar-refractivity contribution >= 4 is 28.8 Å². The number of nitriles is 1. The Hall–Kier alpha value is -3.17. The van der Waals surface area contributed by atoms with Gasteiger partial charge in [0.05, 0.1) is 34.7 Å². The van der Waals surface area contributed by atoms with Crippen LogP contribution in [0.1, 0.15) is 43.3 Å². The van der Waals surface area contributed by atoms with Crippen LogP contribution in [0.5, 0.6) is 0 Å². The molecule has 6 nitrogen and oxygen atoms in total. The van der Waals surface area contributed by atoms with Gasteiger partial charge in [-0.3, -0.25) is 4.98 Å². The van der Waals surface area contributed by atoms with Gasteiger partial charge in [-0.25, -0.2) is 9.97 Å². The number of aromatic nitrogens is 3. The van der Waals surface area contributed by atoms with Crippen LogP contribution < -0.4 is 10.2 Å². The zero-order valence-electron chi connectivity index (χ0n) is 17.3. The second kappa shape index (κ2) is 7.92. The van der Waals surface area contributed by atoms with E-state index in [1.54, 1.807) is 12.4 Å². The number of benzene rings is 1. The summed E-state index contributed by atoms with van der Waals surface area (Å²) in [4.78, 5) is 15.8. The van der Waals surface area contributed by atoms with Crippen molar-refractivity contribution in [2.24, 2.45) is 0 Å². The fourth-order valence-corrected chi connectivity index (χ4v) is 3.74. The smallest absolute Gasteiger partial charge is 0.137 e. The van der Waals surface area contributed by atoms with Crippen LogP contribution in [0.25, 0.3) is 0 Å². The van der Waals surface area contributed by atoms with Crippen LogP contribution in [-0.4, -0.2) is 21.5 Å². The SMILES string of the molecule is CC(C)(C)c1ccc(Nc2ncnc3c2CCN(c2ccc(C#N)c(Cl)c2)C3)cn1. The van der Waals surface area contributed by atoms with E-state index in [0.717, 1.165) is 47.1 Å². The molecule has 0 unspecified atom stereocenters. The van der Waals surface area contributed by atoms with Crippen molar-refractivity contribution in [3.05, 3.63) is 70.4 Å². The number of pyridine rings is 1. The molecule has 30 heavy (non-hydrogen) atoms. The van der Waals surface area contributed by atoms with Gasteiger partial charge in [-0.05, 0) is 36.8 Å². The fraction of sp³-hybridized carbons (Fsp3) is 0.304. The minimum atomic E-state index is 0.0183. The van der Waals surface area contributed by atoms with Gasteiger partial charge in [0.2, 0.25) is 0 Å². The van der Waals surface area contributed by atoms with Crippen molar-refractivity contribution in [1.82, 2.24) is 15.0 Å². The second-order valence-electron chi connectivity index (χ2n) is 8.40. The zero-order chi connectivity index (χ0) is 21.3. The molecular formula is C23H23ClN6. The van der Waals surface area contributed by atoms with E-state index in [2.05, 4.69) is 52.0 Å². The van der Waals surface area contributed by atoms with Crippen molar-refractivity contribution < 1.29 is 0 Å². The maximum Gasteiger partial charge on any atom is 0.137 e. The summed E-state index contributed by atoms with van der Waals surface area (Å²) in [5.41, 5.74) is 5.55. The van der Waals surface area contributed by atoms with Gasteiger partial charge < -0.3 is 10.2 Å². The molecule has 152 valence electrons. The summed E-state index contributed by atoms with van der Waals surface area (Å²) in [7, 11) is 0. The van der Waals surface area contributed by atoms with E-state index < -0.39 is 0 Å². The van der Waals surface area contributed by atoms with E-state index in [9.17, 15) is 0 Å². The number of halogens is 1. The van der Waals surface area contributed by atoms with Gasteiger partial charge in [0.1, 0.15) is 18.2 Å². The average Bonchev–Trinajstić information content (AvgIpc) is 2.73. The van der Waals surface area contributed by atoms with E-state index in [1.807, 2.05) is 30.5 Å². The van der Waals surface area contributed by atoms with Crippen LogP contribution in [-0.2, 0) is 18.4 Å². The average molecular weight is 419 g/mol. The summed E-state index contributed by atoms with van der Waals surface area (Å²) in [5, 5.41) is 12.9. The molecule has 1 N–H and O–H groups in total. The molecule has 4 rings (SSSR count). The van der Waals surface area contributed by atoms with E-state index in [4.69, 9.17) is 16.9 Å². The Kier molecular flexibility index (Phi) is 5.31. The van der Waals surface area contributed by atoms with E-state index in [-0.39, 0.29) is 5.41 Å². The largest absolute Gasteiger partial charge is 0.365 e. The molecule has 0 saturated carbocycles. The quantitative estimate of drug-likeness (QED) is 0.644. The molecule has 7 heteroatoms. The standard InChI is InChI=1S/C23H23ClN6/c1-23(2,3)21-7-5-16(12-26-21)29-22-18-8-9-30(13-20(18)27-14-28-22)17-6-4-15(11-25)19(24)10-17/h4-7,10,12,14H,8-9,13H2,1-3H3,(H,27,28,29). The third kappa shape index (κ3) is 4.07. The highest BCUT2D eigenvalue weighted by molar-refractivity contribution is 6.32. The highest BCUT2D eigenvalue weighted by Crippen LogP contribution is 2.30. The van der Waals surface area contributed by atoms with Gasteiger partial charge >= 0.3 is 0 Å². The topological polar surface area (TPSA) is 77.7 Å². The Morgan fingerprint density at radius 2 is 1.97 bits per heavy atom. The van der Waals surface area contributed by atoms with Gasteiger partial charge in [-0.2, -0.15) is 5.26 Å². The molecule has 0 fully saturated rings. The van der Waals surface area contributed by atoms with E-state index in [1.165, 1.54) is 0 Å². The summed E-state index contributed by atoms with van der Waals surface area (Å²) in [5.74, 6) is 0.822. The summed E-state index contributed by atoms with van der Waals surface area (Å²) in [6, 6.07) is 11.7. The third-order valence-electron chi connectivity index (χ3n) is 5.24. The number of hydrogen-bond donors (Lipinski definition) is 1. The maximum atomic E-state index is 9.08. The number of nitrogens with one attached hydrogen (secondary N) is 1. The first kappa shape index (κ1) is 20.1. The lowest BCUT2D eigenvalue weighted by Crippen LogP contribution is -2.31. The first-order valence-corrected chi connectivity index (χ1v) is 10.2. The van der Waals surface area contributed by atoms with Gasteiger partial charge in [-0.15, -0.1) is 0 Å².